The average molecular weight is 1150 g/mol. The fraction of sp³-hybridized carbons (Fsp3) is 0.345. The molecule has 1 saturated heterocycles. The average Bonchev–Trinajstić information content (AvgIpc) is 4.39. The summed E-state index contributed by atoms with van der Waals surface area (Å²) in [6.45, 7) is 7.37. The number of benzene rings is 5. The van der Waals surface area contributed by atoms with Crippen molar-refractivity contribution in [2.45, 2.75) is 38.6 Å². The normalized spacial score (nSPS) is 15.4. The molecule has 0 radical (unpaired) electrons. The number of nitrogens with two attached hydrogens (primary N) is 1. The zero-order valence-corrected chi connectivity index (χ0v) is 46.6. The molecule has 5 aromatic carbocycles. The Morgan fingerprint density at radius 3 is 2.10 bits per heavy atom. The van der Waals surface area contributed by atoms with Crippen LogP contribution in [0.15, 0.2) is 127 Å². The maximum atomic E-state index is 15.0. The molecule has 0 aliphatic carbocycles. The molecule has 81 heavy (non-hydrogen) atoms. The van der Waals surface area contributed by atoms with Crippen molar-refractivity contribution in [3.63, 3.8) is 0 Å². The van der Waals surface area contributed by atoms with Gasteiger partial charge in [-0.3, -0.25) is 24.3 Å². The van der Waals surface area contributed by atoms with Gasteiger partial charge in [-0.1, -0.05) is 76.9 Å². The Bertz CT molecular complexity index is 3320. The number of primary amides is 1. The number of halogens is 2. The van der Waals surface area contributed by atoms with Crippen LogP contribution < -0.4 is 20.5 Å². The van der Waals surface area contributed by atoms with E-state index in [0.29, 0.717) is 96.8 Å². The van der Waals surface area contributed by atoms with Gasteiger partial charge in [0.05, 0.1) is 108 Å². The molecular weight excluding hydrogens is 1080 g/mol. The molecule has 9 rings (SSSR count). The minimum absolute atomic E-state index is 0.140. The lowest BCUT2D eigenvalue weighted by Crippen LogP contribution is -2.57. The van der Waals surface area contributed by atoms with E-state index >= 15 is 4.79 Å². The summed E-state index contributed by atoms with van der Waals surface area (Å²) in [4.78, 5) is 63.4. The molecule has 2 aliphatic rings. The Morgan fingerprint density at radius 2 is 1.44 bits per heavy atom. The Balaban J connectivity index is 0.655. The van der Waals surface area contributed by atoms with Crippen molar-refractivity contribution in [1.29, 1.82) is 0 Å². The number of hydrogen-bond donors (Lipinski definition) is 2. The zero-order chi connectivity index (χ0) is 56.8. The molecule has 0 spiro atoms. The number of methoxy groups -OCH3 is 1. The summed E-state index contributed by atoms with van der Waals surface area (Å²) in [5.41, 5.74) is 11.0. The van der Waals surface area contributed by atoms with Crippen LogP contribution >= 0.6 is 23.2 Å². The molecule has 3 N–H and O–H groups in total. The highest BCUT2D eigenvalue weighted by Gasteiger charge is 2.46. The number of nitrogens with one attached hydrogen (secondary N) is 1. The molecular formula is C58H63Cl2N11O10. The van der Waals surface area contributed by atoms with Gasteiger partial charge in [0.2, 0.25) is 11.8 Å². The number of urea groups is 1. The molecule has 1 fully saturated rings. The van der Waals surface area contributed by atoms with Crippen LogP contribution in [0.25, 0.3) is 27.8 Å². The summed E-state index contributed by atoms with van der Waals surface area (Å²) < 4.78 is 37.8. The number of aliphatic imine (C=N–C) groups is 1. The molecule has 2 aliphatic heterocycles. The van der Waals surface area contributed by atoms with E-state index in [0.717, 1.165) is 33.5 Å². The highest BCUT2D eigenvalue weighted by molar-refractivity contribution is 6.30. The van der Waals surface area contributed by atoms with Gasteiger partial charge in [-0.25, -0.2) is 14.2 Å². The van der Waals surface area contributed by atoms with Crippen LogP contribution in [0.1, 0.15) is 53.0 Å². The van der Waals surface area contributed by atoms with Crippen LogP contribution in [0.3, 0.4) is 0 Å². The summed E-state index contributed by atoms with van der Waals surface area (Å²) in [6.07, 6.45) is 3.50. The van der Waals surface area contributed by atoms with Gasteiger partial charge in [0.1, 0.15) is 41.1 Å². The number of aromatic nitrogens is 5. The maximum Gasteiger partial charge on any atom is 0.326 e. The second kappa shape index (κ2) is 27.5. The SMILES string of the molecule is COc1ccc(C2=NC(c3ccc(Cl)cc3)C(c3ccc(Cl)cc3)N2C(=O)N2CCN(CC(=O)NCCOCCOCCOCCOCCn3cc(-c4ccc(-n5cc6cccc(C(N)=O)c6n5)cc4)nn3)C(=O)C2)c(OC(C)C)c1. The van der Waals surface area contributed by atoms with E-state index in [1.54, 1.807) is 69.9 Å². The number of ether oxygens (including phenoxy) is 6. The predicted octanol–water partition coefficient (Wildman–Crippen LogP) is 7.18. The highest BCUT2D eigenvalue weighted by Crippen LogP contribution is 2.46. The third-order valence-electron chi connectivity index (χ3n) is 13.3. The number of rotatable bonds is 26. The Morgan fingerprint density at radius 1 is 0.778 bits per heavy atom. The Kier molecular flexibility index (Phi) is 19.6. The third kappa shape index (κ3) is 14.7. The smallest absolute Gasteiger partial charge is 0.326 e. The van der Waals surface area contributed by atoms with E-state index < -0.39 is 24.0 Å². The van der Waals surface area contributed by atoms with Gasteiger partial charge in [0, 0.05) is 52.9 Å². The van der Waals surface area contributed by atoms with E-state index in [1.807, 2.05) is 86.9 Å². The standard InChI is InChI=1S/C58H63Cl2N11O10/c1-38(2)81-50-33-46(76-3)19-20-47(50)57-63-54(40-7-13-43(59)14-8-40)55(41-9-15-44(60)16-10-41)71(57)58(75)68-23-22-67(52(73)37-68)36-51(72)62-21-25-77-27-29-79-31-32-80-30-28-78-26-24-69-35-49(64-66-69)39-11-17-45(18-12-39)70-34-42-5-4-6-48(56(61)74)53(42)65-70/h4-20,33-35,38,54-55H,21-32,36-37H2,1-3H3,(H2,61,74)(H,62,72). The van der Waals surface area contributed by atoms with E-state index in [4.69, 9.17) is 62.3 Å². The molecule has 21 nitrogen and oxygen atoms in total. The van der Waals surface area contributed by atoms with Crippen molar-refractivity contribution in [3.8, 4) is 28.4 Å². The quantitative estimate of drug-likeness (QED) is 0.0513. The van der Waals surface area contributed by atoms with Crippen LogP contribution in [0.5, 0.6) is 11.5 Å². The molecule has 0 bridgehead atoms. The number of fused-ring (bicyclic) bond motifs is 1. The summed E-state index contributed by atoms with van der Waals surface area (Å²) in [5.74, 6) is 0.152. The van der Waals surface area contributed by atoms with Gasteiger partial charge in [-0.15, -0.1) is 5.10 Å². The molecule has 4 heterocycles. The van der Waals surface area contributed by atoms with Crippen molar-refractivity contribution in [3.05, 3.63) is 154 Å². The first-order chi connectivity index (χ1) is 39.3. The summed E-state index contributed by atoms with van der Waals surface area (Å²) in [6, 6.07) is 31.4. The van der Waals surface area contributed by atoms with E-state index in [1.165, 1.54) is 9.80 Å². The first-order valence-corrected chi connectivity index (χ1v) is 27.3. The van der Waals surface area contributed by atoms with Crippen LogP contribution in [-0.2, 0) is 35.1 Å². The number of nitrogens with zero attached hydrogens (tertiary/aromatic N) is 9. The van der Waals surface area contributed by atoms with Crippen molar-refractivity contribution >= 4 is 63.7 Å². The van der Waals surface area contributed by atoms with Crippen LogP contribution in [0, 0.1) is 0 Å². The summed E-state index contributed by atoms with van der Waals surface area (Å²) >= 11 is 12.7. The fourth-order valence-electron chi connectivity index (χ4n) is 9.32. The van der Waals surface area contributed by atoms with Gasteiger partial charge >= 0.3 is 6.03 Å². The molecule has 2 unspecified atom stereocenters. The molecule has 2 atom stereocenters. The predicted molar refractivity (Wildman–Crippen MR) is 304 cm³/mol. The van der Waals surface area contributed by atoms with Crippen molar-refractivity contribution < 1.29 is 47.6 Å². The minimum Gasteiger partial charge on any atom is -0.497 e. The van der Waals surface area contributed by atoms with E-state index in [2.05, 4.69) is 20.7 Å². The third-order valence-corrected chi connectivity index (χ3v) is 13.8. The van der Waals surface area contributed by atoms with Crippen molar-refractivity contribution in [1.82, 2.24) is 44.8 Å². The Hall–Kier alpha value is -7.92. The maximum absolute atomic E-state index is 15.0. The molecule has 424 valence electrons. The number of amidine groups is 1. The molecule has 5 amide bonds. The van der Waals surface area contributed by atoms with Gasteiger partial charge in [0.15, 0.2) is 0 Å². The number of hydrogen-bond acceptors (Lipinski definition) is 14. The van der Waals surface area contributed by atoms with Crippen molar-refractivity contribution in [2.75, 3.05) is 92.7 Å². The fourth-order valence-corrected chi connectivity index (χ4v) is 9.58. The number of piperazine rings is 1. The van der Waals surface area contributed by atoms with Crippen LogP contribution in [-0.4, -0.2) is 168 Å². The minimum atomic E-state index is -0.654. The highest BCUT2D eigenvalue weighted by atomic mass is 35.5. The lowest BCUT2D eigenvalue weighted by Gasteiger charge is -2.38. The van der Waals surface area contributed by atoms with Crippen molar-refractivity contribution in [2.24, 2.45) is 10.7 Å². The zero-order valence-electron chi connectivity index (χ0n) is 45.1. The molecule has 2 aromatic heterocycles. The van der Waals surface area contributed by atoms with Crippen LogP contribution in [0.4, 0.5) is 4.79 Å². The number of amides is 5. The first kappa shape index (κ1) is 57.8. The van der Waals surface area contributed by atoms with Gasteiger partial charge < -0.3 is 49.3 Å². The second-order valence-corrected chi connectivity index (χ2v) is 20.1. The van der Waals surface area contributed by atoms with Gasteiger partial charge in [0.25, 0.3) is 5.91 Å². The summed E-state index contributed by atoms with van der Waals surface area (Å²) in [7, 11) is 1.57. The number of carbonyl (C=O) groups excluding carboxylic acids is 4. The summed E-state index contributed by atoms with van der Waals surface area (Å²) in [5, 5.41) is 17.8. The molecule has 0 saturated carbocycles. The van der Waals surface area contributed by atoms with Crippen LogP contribution in [0.2, 0.25) is 10.0 Å². The molecule has 7 aromatic rings. The monoisotopic (exact) mass is 1140 g/mol. The van der Waals surface area contributed by atoms with E-state index in [9.17, 15) is 14.4 Å². The lowest BCUT2D eigenvalue weighted by atomic mass is 9.93. The van der Waals surface area contributed by atoms with E-state index in [-0.39, 0.29) is 57.2 Å². The lowest BCUT2D eigenvalue weighted by molar-refractivity contribution is -0.139. The topological polar surface area (TPSA) is 232 Å². The number of carbonyl (C=O) groups is 4. The molecule has 23 heteroatoms. The largest absolute Gasteiger partial charge is 0.497 e. The first-order valence-electron chi connectivity index (χ1n) is 26.5. The van der Waals surface area contributed by atoms with Gasteiger partial charge in [-0.2, -0.15) is 5.10 Å². The van der Waals surface area contributed by atoms with Gasteiger partial charge in [-0.05, 0) is 79.6 Å². The Labute approximate surface area is 478 Å². The second-order valence-electron chi connectivity index (χ2n) is 19.3.